The fraction of sp³-hybridized carbons (Fsp3) is 0.857. The van der Waals surface area contributed by atoms with Gasteiger partial charge in [0, 0.05) is 44.1 Å². The second-order valence-electron chi connectivity index (χ2n) is 4.96. The zero-order chi connectivity index (χ0) is 12.8. The molecule has 103 valence electrons. The average molecular weight is 469 g/mol. The van der Waals surface area contributed by atoms with E-state index >= 15 is 0 Å². The summed E-state index contributed by atoms with van der Waals surface area (Å²) in [5, 5.41) is 10.1. The van der Waals surface area contributed by atoms with E-state index in [2.05, 4.69) is 27.4 Å². The Balaban J connectivity index is 0.00000289. The van der Waals surface area contributed by atoms with E-state index in [-0.39, 0.29) is 56.1 Å². The molecule has 1 N–H and O–H groups in total. The minimum Gasteiger partial charge on any atom is -0.388 e. The molecular weight excluding hydrogens is 443 g/mol. The van der Waals surface area contributed by atoms with Crippen LogP contribution in [-0.2, 0) is 9.47 Å². The van der Waals surface area contributed by atoms with Crippen molar-refractivity contribution in [1.82, 2.24) is 0 Å². The van der Waals surface area contributed by atoms with Crippen molar-refractivity contribution < 1.29 is 58.6 Å². The van der Waals surface area contributed by atoms with Gasteiger partial charge in [-0.1, -0.05) is 26.8 Å². The maximum absolute atomic E-state index is 10.1. The van der Waals surface area contributed by atoms with Gasteiger partial charge in [0.25, 0.3) is 0 Å². The van der Waals surface area contributed by atoms with E-state index in [9.17, 15) is 5.11 Å². The summed E-state index contributed by atoms with van der Waals surface area (Å²) in [5.41, 5.74) is 0. The van der Waals surface area contributed by atoms with Crippen molar-refractivity contribution in [2.75, 3.05) is 6.61 Å². The molecule has 2 unspecified atom stereocenters. The Labute approximate surface area is 147 Å². The molecule has 1 heterocycles. The molecule has 1 saturated heterocycles. The predicted molar refractivity (Wildman–Crippen MR) is 68.7 cm³/mol. The average Bonchev–Trinajstić information content (AvgIpc) is 2.34. The van der Waals surface area contributed by atoms with Crippen LogP contribution in [0, 0.1) is 55.9 Å². The third kappa shape index (κ3) is 5.21. The van der Waals surface area contributed by atoms with Gasteiger partial charge in [-0.25, -0.2) is 0 Å². The van der Waals surface area contributed by atoms with Gasteiger partial charge < -0.3 is 14.6 Å². The largest absolute Gasteiger partial charge is 0.388 e. The van der Waals surface area contributed by atoms with Gasteiger partial charge in [-0.15, -0.1) is 6.58 Å². The van der Waals surface area contributed by atoms with Gasteiger partial charge in [-0.3, -0.25) is 0 Å². The summed E-state index contributed by atoms with van der Waals surface area (Å²) >= 11 is 0. The van der Waals surface area contributed by atoms with Crippen molar-refractivity contribution in [2.24, 2.45) is 11.8 Å². The number of rotatable bonds is 6. The summed E-state index contributed by atoms with van der Waals surface area (Å²) in [7, 11) is 0. The molecule has 1 rings (SSSR count). The third-order valence-electron chi connectivity index (χ3n) is 3.78. The molecule has 0 saturated carbocycles. The molecule has 0 aliphatic carbocycles. The van der Waals surface area contributed by atoms with Gasteiger partial charge in [0.2, 0.25) is 0 Å². The molecule has 4 heteroatoms. The van der Waals surface area contributed by atoms with Crippen LogP contribution in [0.2, 0.25) is 0 Å². The number of unbranched alkanes of at least 4 members (excludes halogenated alkanes) is 1. The smallest absolute Gasteiger partial charge is 0.183 e. The molecule has 1 aliphatic rings. The molecule has 5 atom stereocenters. The Kier molecular flexibility index (Phi) is 10.5. The van der Waals surface area contributed by atoms with Gasteiger partial charge in [-0.2, -0.15) is 0 Å². The fourth-order valence-corrected chi connectivity index (χ4v) is 2.31. The van der Waals surface area contributed by atoms with Crippen molar-refractivity contribution in [2.45, 2.75) is 58.5 Å². The van der Waals surface area contributed by atoms with Gasteiger partial charge in [0.05, 0.1) is 12.7 Å². The summed E-state index contributed by atoms with van der Waals surface area (Å²) in [6, 6.07) is 0. The van der Waals surface area contributed by atoms with E-state index in [0.29, 0.717) is 12.5 Å². The molecule has 0 aromatic rings. The quantitative estimate of drug-likeness (QED) is 0.481. The number of aliphatic hydroxyl groups is 1. The van der Waals surface area contributed by atoms with Crippen LogP contribution in [0.25, 0.3) is 0 Å². The monoisotopic (exact) mass is 469 g/mol. The molecule has 0 aromatic carbocycles. The van der Waals surface area contributed by atoms with Crippen molar-refractivity contribution in [3.63, 3.8) is 0 Å². The van der Waals surface area contributed by atoms with Gasteiger partial charge in [-0.05, 0) is 31.1 Å². The topological polar surface area (TPSA) is 38.7 Å². The molecule has 0 aromatic heterocycles. The van der Waals surface area contributed by atoms with Crippen LogP contribution in [0.3, 0.4) is 0 Å². The van der Waals surface area contributed by atoms with E-state index in [0.717, 1.165) is 19.3 Å². The number of hydrogen-bond acceptors (Lipinski definition) is 3. The summed E-state index contributed by atoms with van der Waals surface area (Å²) in [4.78, 5) is 0. The number of hydrogen-bond donors (Lipinski definition) is 1. The molecule has 0 amide bonds. The molecule has 1 aliphatic heterocycles. The Morgan fingerprint density at radius 1 is 1.33 bits per heavy atom. The van der Waals surface area contributed by atoms with Gasteiger partial charge in [0.1, 0.15) is 6.10 Å². The molecular formula is C14H26AcO3. The zero-order valence-electron chi connectivity index (χ0n) is 11.8. The van der Waals surface area contributed by atoms with Crippen LogP contribution in [0.4, 0.5) is 0 Å². The fourth-order valence-electron chi connectivity index (χ4n) is 2.31. The van der Waals surface area contributed by atoms with Crippen molar-refractivity contribution in [1.29, 1.82) is 0 Å². The van der Waals surface area contributed by atoms with Gasteiger partial charge in [0.15, 0.2) is 6.29 Å². The predicted octanol–water partition coefficient (Wildman–Crippen LogP) is 2.74. The first-order valence-electron chi connectivity index (χ1n) is 6.67. The normalized spacial score (nSPS) is 35.9. The van der Waals surface area contributed by atoms with Crippen LogP contribution in [0.15, 0.2) is 12.7 Å². The van der Waals surface area contributed by atoms with Gasteiger partial charge >= 0.3 is 0 Å². The van der Waals surface area contributed by atoms with Crippen LogP contribution >= 0.6 is 0 Å². The van der Waals surface area contributed by atoms with Crippen molar-refractivity contribution in [3.8, 4) is 0 Å². The van der Waals surface area contributed by atoms with E-state index in [1.165, 1.54) is 0 Å². The molecule has 18 heavy (non-hydrogen) atoms. The molecule has 0 bridgehead atoms. The number of aliphatic hydroxyl groups excluding tert-OH is 1. The second kappa shape index (κ2) is 9.89. The minimum absolute atomic E-state index is 0. The van der Waals surface area contributed by atoms with E-state index in [1.807, 2.05) is 6.08 Å². The van der Waals surface area contributed by atoms with Crippen molar-refractivity contribution in [3.05, 3.63) is 12.7 Å². The first-order valence-corrected chi connectivity index (χ1v) is 6.67. The summed E-state index contributed by atoms with van der Waals surface area (Å²) in [6.07, 6.45) is 3.92. The van der Waals surface area contributed by atoms with Crippen molar-refractivity contribution >= 4 is 0 Å². The maximum atomic E-state index is 10.1. The zero-order valence-corrected chi connectivity index (χ0v) is 16.6. The standard InChI is InChI=1S/C14H26O3.Ac/c1-5-7-8-9-16-14-13(15)11(4)10(3)12(6-2)17-14;/h5,10-15H,1,6-9H2,2-4H3;/t10-,11+,12?,13?,14-;/m1./s1. The Bertz CT molecular complexity index is 233. The minimum atomic E-state index is -0.517. The molecule has 0 spiro atoms. The summed E-state index contributed by atoms with van der Waals surface area (Å²) < 4.78 is 11.4. The number of allylic oxidation sites excluding steroid dienone is 1. The Hall–Kier alpha value is 1.06. The Morgan fingerprint density at radius 3 is 2.56 bits per heavy atom. The summed E-state index contributed by atoms with van der Waals surface area (Å²) in [5.74, 6) is 0.598. The Morgan fingerprint density at radius 2 is 2.00 bits per heavy atom. The van der Waals surface area contributed by atoms with E-state index < -0.39 is 12.4 Å². The van der Waals surface area contributed by atoms with E-state index in [4.69, 9.17) is 9.47 Å². The second-order valence-corrected chi connectivity index (χ2v) is 4.96. The molecule has 3 nitrogen and oxygen atoms in total. The van der Waals surface area contributed by atoms with Crippen LogP contribution < -0.4 is 0 Å². The van der Waals surface area contributed by atoms with Crippen LogP contribution in [-0.4, -0.2) is 30.2 Å². The third-order valence-corrected chi connectivity index (χ3v) is 3.78. The molecule has 1 fully saturated rings. The SMILES string of the molecule is C=CCCCO[C@@H]1OC(CC)[C@H](C)[C@H](C)C1O.[Ac]. The first-order chi connectivity index (χ1) is 8.11. The van der Waals surface area contributed by atoms with Crippen LogP contribution in [0.1, 0.15) is 40.0 Å². The van der Waals surface area contributed by atoms with Crippen LogP contribution in [0.5, 0.6) is 0 Å². The first kappa shape index (κ1) is 19.1. The summed E-state index contributed by atoms with van der Waals surface area (Å²) in [6.45, 7) is 10.6. The van der Waals surface area contributed by atoms with E-state index in [1.54, 1.807) is 0 Å². The number of ether oxygens (including phenoxy) is 2. The maximum Gasteiger partial charge on any atom is 0.183 e. The molecule has 1 radical (unpaired) electrons.